The number of rotatable bonds is 5. The molecule has 1 rings (SSSR count). The van der Waals surface area contributed by atoms with Gasteiger partial charge in [0.2, 0.25) is 0 Å². The fourth-order valence-corrected chi connectivity index (χ4v) is 3.26. The Morgan fingerprint density at radius 2 is 1.95 bits per heavy atom. The fourth-order valence-electron chi connectivity index (χ4n) is 1.16. The first-order chi connectivity index (χ1) is 9.53. The van der Waals surface area contributed by atoms with E-state index in [-0.39, 0.29) is 5.56 Å². The number of alkyl halides is 3. The van der Waals surface area contributed by atoms with Crippen LogP contribution in [0.2, 0.25) is 0 Å². The number of carbonyl (C=O) groups is 1. The van der Waals surface area contributed by atoms with Crippen LogP contribution in [0.1, 0.15) is 10.4 Å². The molecule has 0 amide bonds. The first-order valence-corrected chi connectivity index (χ1v) is 8.57. The molecule has 0 radical (unpaired) electrons. The van der Waals surface area contributed by atoms with Crippen LogP contribution in [0.5, 0.6) is 0 Å². The number of sulfonamides is 1. The number of hydrogen-bond donors (Lipinski definition) is 1. The summed E-state index contributed by atoms with van der Waals surface area (Å²) in [5, 5.41) is 0. The Bertz CT molecular complexity index is 615. The highest BCUT2D eigenvalue weighted by Gasteiger charge is 2.45. The highest BCUT2D eigenvalue weighted by molar-refractivity contribution is 14.1. The lowest BCUT2D eigenvalue weighted by Crippen LogP contribution is -2.38. The summed E-state index contributed by atoms with van der Waals surface area (Å²) in [6.45, 7) is -1.18. The minimum Gasteiger partial charge on any atom is -0.461 e. The van der Waals surface area contributed by atoms with Gasteiger partial charge < -0.3 is 4.74 Å². The maximum atomic E-state index is 12.0. The molecule has 0 aliphatic carbocycles. The van der Waals surface area contributed by atoms with Crippen molar-refractivity contribution in [3.63, 3.8) is 0 Å². The minimum absolute atomic E-state index is 0.201. The third kappa shape index (κ3) is 5.71. The molecule has 0 heterocycles. The normalized spacial score (nSPS) is 12.2. The van der Waals surface area contributed by atoms with E-state index in [1.54, 1.807) is 6.07 Å². The standard InChI is InChI=1S/C10H8BrF3INO4S/c11-7-3-6(4-8(15)5-7)9(17)20-2-1-16-21(18,19)10(12,13)14/h3-5,16H,1-2H2. The topological polar surface area (TPSA) is 72.5 Å². The summed E-state index contributed by atoms with van der Waals surface area (Å²) in [5.41, 5.74) is -5.19. The Labute approximate surface area is 140 Å². The molecule has 5 nitrogen and oxygen atoms in total. The lowest BCUT2D eigenvalue weighted by Gasteiger charge is -2.10. The van der Waals surface area contributed by atoms with Gasteiger partial charge in [-0.3, -0.25) is 0 Å². The van der Waals surface area contributed by atoms with Crippen molar-refractivity contribution in [2.75, 3.05) is 13.2 Å². The van der Waals surface area contributed by atoms with Gasteiger partial charge in [-0.25, -0.2) is 17.9 Å². The summed E-state index contributed by atoms with van der Waals surface area (Å²) in [5.74, 6) is -0.763. The van der Waals surface area contributed by atoms with E-state index in [0.717, 1.165) is 3.57 Å². The van der Waals surface area contributed by atoms with Crippen molar-refractivity contribution in [1.82, 2.24) is 4.72 Å². The monoisotopic (exact) mass is 501 g/mol. The first-order valence-electron chi connectivity index (χ1n) is 5.22. The molecule has 0 saturated carbocycles. The van der Waals surface area contributed by atoms with E-state index in [0.29, 0.717) is 4.47 Å². The van der Waals surface area contributed by atoms with Crippen molar-refractivity contribution in [1.29, 1.82) is 0 Å². The molecule has 0 saturated heterocycles. The predicted octanol–water partition coefficient (Wildman–Crippen LogP) is 2.65. The second-order valence-corrected chi connectivity index (χ2v) is 7.56. The summed E-state index contributed by atoms with van der Waals surface area (Å²) in [6.07, 6.45) is 0. The van der Waals surface area contributed by atoms with Gasteiger partial charge >= 0.3 is 21.5 Å². The maximum Gasteiger partial charge on any atom is 0.511 e. The highest BCUT2D eigenvalue weighted by atomic mass is 127. The van der Waals surface area contributed by atoms with E-state index in [9.17, 15) is 26.4 Å². The lowest BCUT2D eigenvalue weighted by atomic mass is 10.2. The van der Waals surface area contributed by atoms with Crippen LogP contribution in [-0.2, 0) is 14.8 Å². The molecular formula is C10H8BrF3INO4S. The van der Waals surface area contributed by atoms with Crippen LogP contribution in [0.25, 0.3) is 0 Å². The second kappa shape index (κ2) is 7.24. The van der Waals surface area contributed by atoms with E-state index < -0.39 is 34.7 Å². The van der Waals surface area contributed by atoms with Gasteiger partial charge in [-0.05, 0) is 40.8 Å². The first kappa shape index (κ1) is 18.6. The van der Waals surface area contributed by atoms with Gasteiger partial charge in [0.05, 0.1) is 5.56 Å². The summed E-state index contributed by atoms with van der Waals surface area (Å²) in [6, 6.07) is 4.74. The Kier molecular flexibility index (Phi) is 6.43. The molecule has 118 valence electrons. The summed E-state index contributed by atoms with van der Waals surface area (Å²) in [4.78, 5) is 11.6. The van der Waals surface area contributed by atoms with E-state index in [4.69, 9.17) is 0 Å². The van der Waals surface area contributed by atoms with Gasteiger partial charge in [-0.15, -0.1) is 0 Å². The molecule has 1 N–H and O–H groups in total. The molecule has 11 heteroatoms. The summed E-state index contributed by atoms with van der Waals surface area (Å²) >= 11 is 5.16. The summed E-state index contributed by atoms with van der Waals surface area (Å²) in [7, 11) is -5.42. The van der Waals surface area contributed by atoms with E-state index in [2.05, 4.69) is 20.7 Å². The van der Waals surface area contributed by atoms with E-state index in [1.807, 2.05) is 22.6 Å². The molecule has 21 heavy (non-hydrogen) atoms. The van der Waals surface area contributed by atoms with Crippen molar-refractivity contribution in [2.45, 2.75) is 5.51 Å². The van der Waals surface area contributed by atoms with Gasteiger partial charge in [0.25, 0.3) is 0 Å². The van der Waals surface area contributed by atoms with Gasteiger partial charge in [0.15, 0.2) is 0 Å². The lowest BCUT2D eigenvalue weighted by molar-refractivity contribution is -0.0448. The number of benzene rings is 1. The van der Waals surface area contributed by atoms with E-state index in [1.165, 1.54) is 16.9 Å². The van der Waals surface area contributed by atoms with Gasteiger partial charge in [-0.2, -0.15) is 13.2 Å². The van der Waals surface area contributed by atoms with Crippen molar-refractivity contribution in [2.24, 2.45) is 0 Å². The van der Waals surface area contributed by atoms with Crippen molar-refractivity contribution < 1.29 is 31.1 Å². The molecule has 0 spiro atoms. The van der Waals surface area contributed by atoms with Crippen LogP contribution in [0.15, 0.2) is 22.7 Å². The van der Waals surface area contributed by atoms with Crippen molar-refractivity contribution in [3.05, 3.63) is 31.8 Å². The van der Waals surface area contributed by atoms with Crippen LogP contribution in [0, 0.1) is 3.57 Å². The zero-order valence-corrected chi connectivity index (χ0v) is 14.6. The van der Waals surface area contributed by atoms with Crippen LogP contribution in [-0.4, -0.2) is 33.0 Å². The van der Waals surface area contributed by atoms with Gasteiger partial charge in [0, 0.05) is 14.6 Å². The number of nitrogens with one attached hydrogen (secondary N) is 1. The third-order valence-electron chi connectivity index (χ3n) is 2.03. The second-order valence-electron chi connectivity index (χ2n) is 3.64. The molecule has 0 bridgehead atoms. The van der Waals surface area contributed by atoms with Crippen molar-refractivity contribution in [3.8, 4) is 0 Å². The zero-order valence-electron chi connectivity index (χ0n) is 10.1. The van der Waals surface area contributed by atoms with Crippen LogP contribution in [0.3, 0.4) is 0 Å². The number of esters is 1. The minimum atomic E-state index is -5.42. The quantitative estimate of drug-likeness (QED) is 0.382. The number of halogens is 5. The van der Waals surface area contributed by atoms with Gasteiger partial charge in [-0.1, -0.05) is 15.9 Å². The molecule has 0 unspecified atom stereocenters. The predicted molar refractivity (Wildman–Crippen MR) is 80.1 cm³/mol. The average molecular weight is 502 g/mol. The van der Waals surface area contributed by atoms with Crippen LogP contribution >= 0.6 is 38.5 Å². The molecule has 1 aromatic carbocycles. The highest BCUT2D eigenvalue weighted by Crippen LogP contribution is 2.21. The van der Waals surface area contributed by atoms with E-state index >= 15 is 0 Å². The molecule has 0 aromatic heterocycles. The van der Waals surface area contributed by atoms with Crippen LogP contribution < -0.4 is 4.72 Å². The van der Waals surface area contributed by atoms with Crippen LogP contribution in [0.4, 0.5) is 13.2 Å². The Morgan fingerprint density at radius 1 is 1.33 bits per heavy atom. The maximum absolute atomic E-state index is 12.0. The fraction of sp³-hybridized carbons (Fsp3) is 0.300. The Morgan fingerprint density at radius 3 is 2.48 bits per heavy atom. The SMILES string of the molecule is O=C(OCCNS(=O)(=O)C(F)(F)F)c1cc(Br)cc(I)c1. The Balaban J connectivity index is 2.52. The molecule has 0 atom stereocenters. The largest absolute Gasteiger partial charge is 0.511 e. The average Bonchev–Trinajstić information content (AvgIpc) is 2.31. The summed E-state index contributed by atoms with van der Waals surface area (Å²) < 4.78 is 64.7. The number of hydrogen-bond acceptors (Lipinski definition) is 4. The van der Waals surface area contributed by atoms with Crippen molar-refractivity contribution >= 4 is 54.5 Å². The Hall–Kier alpha value is -0.400. The number of ether oxygens (including phenoxy) is 1. The molecule has 0 aliphatic rings. The van der Waals surface area contributed by atoms with Gasteiger partial charge in [0.1, 0.15) is 6.61 Å². The molecular weight excluding hydrogens is 494 g/mol. The molecule has 1 aromatic rings. The molecule has 0 fully saturated rings. The smallest absolute Gasteiger partial charge is 0.461 e. The number of carbonyl (C=O) groups excluding carboxylic acids is 1. The molecule has 0 aliphatic heterocycles. The third-order valence-corrected chi connectivity index (χ3v) is 4.30. The zero-order chi connectivity index (χ0) is 16.3.